The first-order valence-corrected chi connectivity index (χ1v) is 8.13. The van der Waals surface area contributed by atoms with Gasteiger partial charge in [0.15, 0.2) is 0 Å². The van der Waals surface area contributed by atoms with E-state index >= 15 is 0 Å². The van der Waals surface area contributed by atoms with Gasteiger partial charge in [-0.05, 0) is 43.4 Å². The quantitative estimate of drug-likeness (QED) is 0.864. The fourth-order valence-corrected chi connectivity index (χ4v) is 5.64. The summed E-state index contributed by atoms with van der Waals surface area (Å²) in [7, 11) is -0.874. The van der Waals surface area contributed by atoms with E-state index in [9.17, 15) is 13.7 Å². The van der Waals surface area contributed by atoms with Crippen LogP contribution in [0.15, 0.2) is 18.2 Å². The minimum Gasteiger partial charge on any atom is -0.385 e. The van der Waals surface area contributed by atoms with E-state index in [1.54, 1.807) is 12.1 Å². The van der Waals surface area contributed by atoms with Crippen LogP contribution in [-0.2, 0) is 16.4 Å². The molecule has 2 heterocycles. The van der Waals surface area contributed by atoms with Crippen molar-refractivity contribution >= 4 is 10.8 Å². The van der Waals surface area contributed by atoms with Gasteiger partial charge < -0.3 is 5.11 Å². The molecule has 0 aliphatic carbocycles. The number of rotatable bonds is 1. The molecule has 2 aliphatic rings. The molecule has 2 atom stereocenters. The zero-order valence-corrected chi connectivity index (χ0v) is 11.8. The van der Waals surface area contributed by atoms with E-state index in [2.05, 4.69) is 0 Å². The van der Waals surface area contributed by atoms with Crippen molar-refractivity contribution in [2.75, 3.05) is 0 Å². The highest BCUT2D eigenvalue weighted by molar-refractivity contribution is 7.86. The van der Waals surface area contributed by atoms with Crippen molar-refractivity contribution in [3.63, 3.8) is 0 Å². The molecular formula is C15H16FNO2S. The topological polar surface area (TPSA) is 61.1 Å². The summed E-state index contributed by atoms with van der Waals surface area (Å²) in [5.41, 5.74) is -0.627. The van der Waals surface area contributed by atoms with E-state index < -0.39 is 22.2 Å². The molecule has 0 radical (unpaired) electrons. The van der Waals surface area contributed by atoms with Crippen molar-refractivity contribution in [3.8, 4) is 6.07 Å². The number of fused-ring (bicyclic) bond motifs is 2. The average molecular weight is 293 g/mol. The minimum absolute atomic E-state index is 0.00574. The monoisotopic (exact) mass is 293 g/mol. The van der Waals surface area contributed by atoms with Crippen LogP contribution < -0.4 is 0 Å². The van der Waals surface area contributed by atoms with Gasteiger partial charge in [-0.3, -0.25) is 4.21 Å². The van der Waals surface area contributed by atoms with Gasteiger partial charge in [0.05, 0.1) is 11.2 Å². The molecule has 2 aliphatic heterocycles. The number of hydrogen-bond donors (Lipinski definition) is 1. The molecule has 1 aromatic rings. The first kappa shape index (κ1) is 13.7. The fraction of sp³-hybridized carbons (Fsp3) is 0.533. The third-order valence-corrected chi connectivity index (χ3v) is 6.59. The normalized spacial score (nSPS) is 36.4. The first-order valence-electron chi connectivity index (χ1n) is 6.85. The van der Waals surface area contributed by atoms with Gasteiger partial charge in [0.25, 0.3) is 0 Å². The largest absolute Gasteiger partial charge is 0.385 e. The molecule has 2 bridgehead atoms. The minimum atomic E-state index is -1.11. The lowest BCUT2D eigenvalue weighted by Crippen LogP contribution is -2.47. The lowest BCUT2D eigenvalue weighted by Gasteiger charge is -2.43. The van der Waals surface area contributed by atoms with Crippen LogP contribution in [0.4, 0.5) is 4.39 Å². The van der Waals surface area contributed by atoms with Crippen molar-refractivity contribution in [2.24, 2.45) is 0 Å². The highest BCUT2D eigenvalue weighted by atomic mass is 32.2. The molecule has 0 saturated carbocycles. The van der Waals surface area contributed by atoms with Crippen LogP contribution in [0.3, 0.4) is 0 Å². The first-order chi connectivity index (χ1) is 9.53. The summed E-state index contributed by atoms with van der Waals surface area (Å²) >= 11 is 0. The maximum atomic E-state index is 13.7. The molecule has 20 heavy (non-hydrogen) atoms. The maximum Gasteiger partial charge on any atom is 0.141 e. The smallest absolute Gasteiger partial charge is 0.141 e. The van der Waals surface area contributed by atoms with Gasteiger partial charge in [0.1, 0.15) is 11.9 Å². The zero-order valence-electron chi connectivity index (χ0n) is 11.0. The summed E-state index contributed by atoms with van der Waals surface area (Å²) in [6.45, 7) is 0. The third kappa shape index (κ3) is 2.17. The van der Waals surface area contributed by atoms with Crippen LogP contribution >= 0.6 is 0 Å². The van der Waals surface area contributed by atoms with Crippen LogP contribution in [0, 0.1) is 17.1 Å². The lowest BCUT2D eigenvalue weighted by atomic mass is 9.80. The van der Waals surface area contributed by atoms with E-state index in [0.29, 0.717) is 18.4 Å². The number of hydrogen-bond acceptors (Lipinski definition) is 3. The molecule has 0 aromatic heterocycles. The van der Waals surface area contributed by atoms with E-state index in [1.165, 1.54) is 12.1 Å². The van der Waals surface area contributed by atoms with Crippen molar-refractivity contribution < 1.29 is 13.7 Å². The molecule has 2 fully saturated rings. The third-order valence-electron chi connectivity index (χ3n) is 4.47. The molecule has 3 rings (SSSR count). The summed E-state index contributed by atoms with van der Waals surface area (Å²) in [5.74, 6) is -0.602. The molecule has 1 aromatic carbocycles. The highest BCUT2D eigenvalue weighted by Crippen LogP contribution is 2.44. The standard InChI is InChI=1S/C15H16FNO2S/c16-14-6-11(5-4-10(14)9-17)15(18)7-12-2-1-3-13(8-15)20(12)19/h4-6,12-13,18H,1-3,7-8H2. The Labute approximate surface area is 119 Å². The summed E-state index contributed by atoms with van der Waals surface area (Å²) in [6.07, 6.45) is 3.62. The number of nitriles is 1. The van der Waals surface area contributed by atoms with Gasteiger partial charge in [-0.25, -0.2) is 4.39 Å². The van der Waals surface area contributed by atoms with Gasteiger partial charge in [-0.2, -0.15) is 5.26 Å². The molecular weight excluding hydrogens is 277 g/mol. The molecule has 2 unspecified atom stereocenters. The van der Waals surface area contributed by atoms with E-state index in [1.807, 2.05) is 0 Å². The number of benzene rings is 1. The average Bonchev–Trinajstić information content (AvgIpc) is 2.41. The second kappa shape index (κ2) is 4.94. The van der Waals surface area contributed by atoms with Crippen LogP contribution in [-0.4, -0.2) is 19.8 Å². The van der Waals surface area contributed by atoms with Crippen LogP contribution in [0.25, 0.3) is 0 Å². The van der Waals surface area contributed by atoms with Gasteiger partial charge in [-0.1, -0.05) is 12.5 Å². The van der Waals surface area contributed by atoms with Crippen molar-refractivity contribution in [1.29, 1.82) is 5.26 Å². The van der Waals surface area contributed by atoms with Crippen LogP contribution in [0.2, 0.25) is 0 Å². The number of halogens is 1. The Morgan fingerprint density at radius 1 is 1.35 bits per heavy atom. The Morgan fingerprint density at radius 3 is 2.55 bits per heavy atom. The molecule has 5 heteroatoms. The van der Waals surface area contributed by atoms with E-state index in [-0.39, 0.29) is 16.1 Å². The van der Waals surface area contributed by atoms with Crippen molar-refractivity contribution in [1.82, 2.24) is 0 Å². The van der Waals surface area contributed by atoms with Gasteiger partial charge >= 0.3 is 0 Å². The summed E-state index contributed by atoms with van der Waals surface area (Å²) < 4.78 is 25.9. The molecule has 0 spiro atoms. The summed E-state index contributed by atoms with van der Waals surface area (Å²) in [4.78, 5) is 0. The molecule has 106 valence electrons. The van der Waals surface area contributed by atoms with Crippen molar-refractivity contribution in [2.45, 2.75) is 48.2 Å². The number of aliphatic hydroxyl groups is 1. The second-order valence-corrected chi connectivity index (χ2v) is 7.74. The predicted molar refractivity (Wildman–Crippen MR) is 73.8 cm³/mol. The molecule has 0 amide bonds. The van der Waals surface area contributed by atoms with Crippen molar-refractivity contribution in [3.05, 3.63) is 35.1 Å². The Morgan fingerprint density at radius 2 is 2.00 bits per heavy atom. The summed E-state index contributed by atoms with van der Waals surface area (Å²) in [6, 6.07) is 6.06. The van der Waals surface area contributed by atoms with Gasteiger partial charge in [0, 0.05) is 21.3 Å². The Bertz CT molecular complexity index is 594. The SMILES string of the molecule is N#Cc1ccc(C2(O)CC3CCCC(C2)S3=O)cc1F. The number of nitrogens with zero attached hydrogens (tertiary/aromatic N) is 1. The Hall–Kier alpha value is -1.25. The van der Waals surface area contributed by atoms with Gasteiger partial charge in [0.2, 0.25) is 0 Å². The lowest BCUT2D eigenvalue weighted by molar-refractivity contribution is 0.00627. The maximum absolute atomic E-state index is 13.7. The van der Waals surface area contributed by atoms with E-state index in [4.69, 9.17) is 5.26 Å². The second-order valence-electron chi connectivity index (χ2n) is 5.75. The van der Waals surface area contributed by atoms with Crippen LogP contribution in [0.1, 0.15) is 43.2 Å². The Kier molecular flexibility index (Phi) is 3.39. The molecule has 1 N–H and O–H groups in total. The molecule has 2 saturated heterocycles. The van der Waals surface area contributed by atoms with Gasteiger partial charge in [-0.15, -0.1) is 0 Å². The highest BCUT2D eigenvalue weighted by Gasteiger charge is 2.46. The Balaban J connectivity index is 1.95. The summed E-state index contributed by atoms with van der Waals surface area (Å²) in [5, 5.41) is 19.6. The van der Waals surface area contributed by atoms with E-state index in [0.717, 1.165) is 19.3 Å². The fourth-order valence-electron chi connectivity index (χ4n) is 3.41. The predicted octanol–water partition coefficient (Wildman–Crippen LogP) is 2.35. The van der Waals surface area contributed by atoms with Crippen LogP contribution in [0.5, 0.6) is 0 Å². The zero-order chi connectivity index (χ0) is 14.3. The molecule has 3 nitrogen and oxygen atoms in total.